The highest BCUT2D eigenvalue weighted by Crippen LogP contribution is 2.29. The molecule has 0 bridgehead atoms. The summed E-state index contributed by atoms with van der Waals surface area (Å²) in [6.07, 6.45) is 1.84. The van der Waals surface area contributed by atoms with Crippen LogP contribution in [-0.4, -0.2) is 4.98 Å². The van der Waals surface area contributed by atoms with E-state index in [0.29, 0.717) is 11.0 Å². The first-order valence-electron chi connectivity index (χ1n) is 5.58. The van der Waals surface area contributed by atoms with Crippen molar-refractivity contribution in [3.05, 3.63) is 41.6 Å². The van der Waals surface area contributed by atoms with Gasteiger partial charge in [-0.2, -0.15) is 0 Å². The van der Waals surface area contributed by atoms with E-state index in [0.717, 1.165) is 5.75 Å². The summed E-state index contributed by atoms with van der Waals surface area (Å²) < 4.78 is 1.18. The predicted molar refractivity (Wildman–Crippen MR) is 76.6 cm³/mol. The minimum absolute atomic E-state index is 0.595. The predicted octanol–water partition coefficient (Wildman–Crippen LogP) is 4.14. The third kappa shape index (κ3) is 3.48. The lowest BCUT2D eigenvalue weighted by Crippen LogP contribution is -1.87. The van der Waals surface area contributed by atoms with Crippen LogP contribution in [0.1, 0.15) is 30.9 Å². The number of thiazole rings is 1. The van der Waals surface area contributed by atoms with E-state index in [1.165, 1.54) is 15.3 Å². The molecule has 0 fully saturated rings. The van der Waals surface area contributed by atoms with Crippen LogP contribution in [0.15, 0.2) is 34.7 Å². The number of rotatable bonds is 4. The number of nitrogens with zero attached hydrogens (tertiary/aromatic N) is 1. The zero-order valence-corrected chi connectivity index (χ0v) is 11.6. The molecule has 90 valence electrons. The Labute approximate surface area is 110 Å². The highest BCUT2D eigenvalue weighted by molar-refractivity contribution is 8.00. The molecule has 0 saturated heterocycles. The summed E-state index contributed by atoms with van der Waals surface area (Å²) >= 11 is 3.33. The van der Waals surface area contributed by atoms with Crippen LogP contribution >= 0.6 is 23.1 Å². The molecule has 0 spiro atoms. The van der Waals surface area contributed by atoms with Crippen molar-refractivity contribution in [3.63, 3.8) is 0 Å². The molecule has 0 unspecified atom stereocenters. The van der Waals surface area contributed by atoms with Crippen molar-refractivity contribution in [3.8, 4) is 0 Å². The minimum Gasteiger partial charge on any atom is -0.375 e. The van der Waals surface area contributed by atoms with Crippen molar-refractivity contribution in [1.29, 1.82) is 0 Å². The third-order valence-electron chi connectivity index (χ3n) is 2.53. The van der Waals surface area contributed by atoms with Crippen LogP contribution in [0.3, 0.4) is 0 Å². The highest BCUT2D eigenvalue weighted by atomic mass is 32.2. The molecular formula is C13H16N2S2. The summed E-state index contributed by atoms with van der Waals surface area (Å²) in [5.74, 6) is 1.57. The van der Waals surface area contributed by atoms with Crippen LogP contribution in [-0.2, 0) is 5.75 Å². The van der Waals surface area contributed by atoms with E-state index in [1.807, 2.05) is 6.20 Å². The molecular weight excluding hydrogens is 248 g/mol. The van der Waals surface area contributed by atoms with Gasteiger partial charge in [0, 0.05) is 5.75 Å². The van der Waals surface area contributed by atoms with Crippen molar-refractivity contribution < 1.29 is 0 Å². The summed E-state index contributed by atoms with van der Waals surface area (Å²) in [7, 11) is 0. The number of nitrogens with two attached hydrogens (primary N) is 1. The van der Waals surface area contributed by atoms with Crippen molar-refractivity contribution in [2.75, 3.05) is 5.73 Å². The van der Waals surface area contributed by atoms with Gasteiger partial charge in [0.15, 0.2) is 5.13 Å². The fraction of sp³-hybridized carbons (Fsp3) is 0.308. The topological polar surface area (TPSA) is 38.9 Å². The second-order valence-corrected chi connectivity index (χ2v) is 6.54. The van der Waals surface area contributed by atoms with Crippen LogP contribution in [0.25, 0.3) is 0 Å². The highest BCUT2D eigenvalue weighted by Gasteiger charge is 2.02. The normalized spacial score (nSPS) is 11.0. The summed E-state index contributed by atoms with van der Waals surface area (Å²) in [4.78, 5) is 4.04. The van der Waals surface area contributed by atoms with Gasteiger partial charge < -0.3 is 5.73 Å². The van der Waals surface area contributed by atoms with Gasteiger partial charge in [0.05, 0.1) is 10.4 Å². The fourth-order valence-corrected chi connectivity index (χ4v) is 3.21. The maximum atomic E-state index is 5.59. The second kappa shape index (κ2) is 5.56. The quantitative estimate of drug-likeness (QED) is 0.843. The van der Waals surface area contributed by atoms with Crippen molar-refractivity contribution in [1.82, 2.24) is 4.98 Å². The Kier molecular flexibility index (Phi) is 4.07. The van der Waals surface area contributed by atoms with E-state index < -0.39 is 0 Å². The Morgan fingerprint density at radius 3 is 2.53 bits per heavy atom. The number of nitrogen functional groups attached to an aromatic ring is 1. The first kappa shape index (κ1) is 12.5. The molecule has 0 amide bonds. The molecule has 1 aromatic carbocycles. The van der Waals surface area contributed by atoms with E-state index in [9.17, 15) is 0 Å². The van der Waals surface area contributed by atoms with Crippen molar-refractivity contribution in [2.45, 2.75) is 29.7 Å². The monoisotopic (exact) mass is 264 g/mol. The molecule has 0 radical (unpaired) electrons. The third-order valence-corrected chi connectivity index (χ3v) is 4.62. The molecule has 0 aliphatic heterocycles. The van der Waals surface area contributed by atoms with E-state index in [1.54, 1.807) is 23.1 Å². The van der Waals surface area contributed by atoms with E-state index in [4.69, 9.17) is 5.73 Å². The van der Waals surface area contributed by atoms with Gasteiger partial charge in [-0.15, -0.1) is 11.8 Å². The van der Waals surface area contributed by atoms with E-state index in [2.05, 4.69) is 43.1 Å². The summed E-state index contributed by atoms with van der Waals surface area (Å²) in [6, 6.07) is 8.82. The van der Waals surface area contributed by atoms with Gasteiger partial charge in [-0.3, -0.25) is 0 Å². The number of hydrogen-bond acceptors (Lipinski definition) is 4. The maximum Gasteiger partial charge on any atom is 0.181 e. The summed E-state index contributed by atoms with van der Waals surface area (Å²) in [6.45, 7) is 4.42. The Morgan fingerprint density at radius 2 is 2.00 bits per heavy atom. The van der Waals surface area contributed by atoms with E-state index >= 15 is 0 Å². The lowest BCUT2D eigenvalue weighted by molar-refractivity contribution is 0.866. The Hall–Kier alpha value is -1.00. The summed E-state index contributed by atoms with van der Waals surface area (Å²) in [5.41, 5.74) is 8.32. The lowest BCUT2D eigenvalue weighted by Gasteiger charge is -2.06. The average Bonchev–Trinajstić information content (AvgIpc) is 2.73. The second-order valence-electron chi connectivity index (χ2n) is 4.20. The Bertz CT molecular complexity index is 474. The van der Waals surface area contributed by atoms with Gasteiger partial charge in [0.1, 0.15) is 0 Å². The van der Waals surface area contributed by atoms with Crippen molar-refractivity contribution in [2.24, 2.45) is 0 Å². The lowest BCUT2D eigenvalue weighted by atomic mass is 10.0. The number of anilines is 1. The number of thioether (sulfide) groups is 1. The number of benzene rings is 1. The van der Waals surface area contributed by atoms with Gasteiger partial charge in [-0.1, -0.05) is 49.4 Å². The molecule has 4 heteroatoms. The molecule has 1 aromatic heterocycles. The van der Waals surface area contributed by atoms with Gasteiger partial charge in [0.25, 0.3) is 0 Å². The smallest absolute Gasteiger partial charge is 0.181 e. The van der Waals surface area contributed by atoms with Crippen LogP contribution in [0.4, 0.5) is 5.13 Å². The average molecular weight is 264 g/mol. The molecule has 2 aromatic rings. The molecule has 0 aliphatic rings. The Balaban J connectivity index is 1.95. The molecule has 2 rings (SSSR count). The molecule has 2 nitrogen and oxygen atoms in total. The zero-order valence-electron chi connectivity index (χ0n) is 10.0. The standard InChI is InChI=1S/C13H16N2S2/c1-9(2)11-5-3-10(4-6-11)8-16-12-7-15-13(14)17-12/h3-7,9H,8H2,1-2H3,(H2,14,15). The first-order valence-corrected chi connectivity index (χ1v) is 7.38. The fourth-order valence-electron chi connectivity index (χ4n) is 1.49. The molecule has 2 N–H and O–H groups in total. The first-order chi connectivity index (χ1) is 8.15. The molecule has 0 saturated carbocycles. The van der Waals surface area contributed by atoms with Gasteiger partial charge in [0.2, 0.25) is 0 Å². The Morgan fingerprint density at radius 1 is 1.29 bits per heavy atom. The largest absolute Gasteiger partial charge is 0.375 e. The van der Waals surface area contributed by atoms with Crippen LogP contribution in [0.2, 0.25) is 0 Å². The van der Waals surface area contributed by atoms with Crippen LogP contribution in [0, 0.1) is 0 Å². The maximum absolute atomic E-state index is 5.59. The SMILES string of the molecule is CC(C)c1ccc(CSc2cnc(N)s2)cc1. The van der Waals surface area contributed by atoms with Gasteiger partial charge in [-0.05, 0) is 17.0 Å². The van der Waals surface area contributed by atoms with Gasteiger partial charge in [-0.25, -0.2) is 4.98 Å². The van der Waals surface area contributed by atoms with Crippen LogP contribution in [0.5, 0.6) is 0 Å². The summed E-state index contributed by atoms with van der Waals surface area (Å²) in [5, 5.41) is 0.641. The number of hydrogen-bond donors (Lipinski definition) is 1. The van der Waals surface area contributed by atoms with Crippen molar-refractivity contribution >= 4 is 28.2 Å². The van der Waals surface area contributed by atoms with Crippen LogP contribution < -0.4 is 5.73 Å². The molecule has 0 aliphatic carbocycles. The molecule has 0 atom stereocenters. The van der Waals surface area contributed by atoms with E-state index in [-0.39, 0.29) is 0 Å². The minimum atomic E-state index is 0.595. The van der Waals surface area contributed by atoms with Gasteiger partial charge >= 0.3 is 0 Å². The molecule has 1 heterocycles. The zero-order chi connectivity index (χ0) is 12.3. The number of aromatic nitrogens is 1. The molecule has 17 heavy (non-hydrogen) atoms.